The summed E-state index contributed by atoms with van der Waals surface area (Å²) in [5.41, 5.74) is 5.82. The number of nitrogens with two attached hydrogens (primary N) is 1. The molecule has 58 heavy (non-hydrogen) atoms. The molecular formula is C41H42F2N10O5. The number of aromatic hydroxyl groups is 2. The van der Waals surface area contributed by atoms with Crippen LogP contribution in [0.25, 0.3) is 33.2 Å². The van der Waals surface area contributed by atoms with Crippen molar-refractivity contribution in [3.05, 3.63) is 118 Å². The Morgan fingerprint density at radius 2 is 1.19 bits per heavy atom. The maximum atomic E-state index is 14.4. The average molecular weight is 793 g/mol. The third-order valence-electron chi connectivity index (χ3n) is 10.5. The minimum Gasteiger partial charge on any atom is -0.506 e. The highest BCUT2D eigenvalue weighted by molar-refractivity contribution is 5.90. The van der Waals surface area contributed by atoms with Crippen molar-refractivity contribution in [3.63, 3.8) is 0 Å². The summed E-state index contributed by atoms with van der Waals surface area (Å²) in [6, 6.07) is 11.5. The largest absolute Gasteiger partial charge is 0.506 e. The van der Waals surface area contributed by atoms with Crippen LogP contribution in [0.1, 0.15) is 37.1 Å². The fourth-order valence-corrected chi connectivity index (χ4v) is 7.58. The van der Waals surface area contributed by atoms with Crippen LogP contribution in [-0.4, -0.2) is 83.5 Å². The first-order valence-corrected chi connectivity index (χ1v) is 18.8. The molecule has 0 aliphatic carbocycles. The van der Waals surface area contributed by atoms with Crippen LogP contribution in [-0.2, 0) is 4.79 Å². The lowest BCUT2D eigenvalue weighted by Gasteiger charge is -2.33. The summed E-state index contributed by atoms with van der Waals surface area (Å²) in [7, 11) is 0. The van der Waals surface area contributed by atoms with Crippen molar-refractivity contribution in [2.45, 2.75) is 51.6 Å². The number of benzene rings is 2. The molecule has 8 rings (SSSR count). The number of fused-ring (bicyclic) bond motifs is 2. The third-order valence-corrected chi connectivity index (χ3v) is 10.5. The molecule has 2 aliphatic rings. The molecule has 1 amide bonds. The molecule has 2 fully saturated rings. The number of nitrogens with zero attached hydrogens (tertiary/aromatic N) is 8. The van der Waals surface area contributed by atoms with E-state index in [4.69, 9.17) is 5.73 Å². The van der Waals surface area contributed by atoms with E-state index in [1.807, 2.05) is 4.90 Å². The van der Waals surface area contributed by atoms with Gasteiger partial charge in [0.1, 0.15) is 58.2 Å². The molecule has 0 radical (unpaired) electrons. The monoisotopic (exact) mass is 792 g/mol. The van der Waals surface area contributed by atoms with Crippen molar-refractivity contribution in [1.29, 1.82) is 0 Å². The Labute approximate surface area is 330 Å². The van der Waals surface area contributed by atoms with E-state index in [1.54, 1.807) is 26.0 Å². The number of aryl methyl sites for hydroxylation is 2. The molecular weight excluding hydrogens is 751 g/mol. The van der Waals surface area contributed by atoms with Gasteiger partial charge in [-0.2, -0.15) is 0 Å². The number of phenolic OH excluding ortho intramolecular Hbond substituents is 2. The van der Waals surface area contributed by atoms with Gasteiger partial charge >= 0.3 is 0 Å². The fourth-order valence-electron chi connectivity index (χ4n) is 7.58. The molecule has 2 aromatic carbocycles. The van der Waals surface area contributed by atoms with Crippen LogP contribution in [0.15, 0.2) is 83.4 Å². The van der Waals surface area contributed by atoms with Gasteiger partial charge in [-0.05, 0) is 82.0 Å². The Morgan fingerprint density at radius 3 is 1.60 bits per heavy atom. The number of nitrogens with one attached hydrogen (secondary N) is 1. The smallest absolute Gasteiger partial charge is 0.282 e. The number of phenols is 2. The van der Waals surface area contributed by atoms with E-state index in [9.17, 15) is 33.4 Å². The summed E-state index contributed by atoms with van der Waals surface area (Å²) in [5, 5.41) is 24.3. The lowest BCUT2D eigenvalue weighted by Crippen LogP contribution is -2.44. The van der Waals surface area contributed by atoms with Gasteiger partial charge in [0.05, 0.1) is 10.8 Å². The highest BCUT2D eigenvalue weighted by Gasteiger charge is 2.26. The second kappa shape index (κ2) is 16.4. The van der Waals surface area contributed by atoms with E-state index in [1.165, 1.54) is 55.1 Å². The number of carbonyl (C=O) groups excluding carboxylic acids is 1. The van der Waals surface area contributed by atoms with E-state index >= 15 is 0 Å². The second-order valence-corrected chi connectivity index (χ2v) is 14.3. The minimum absolute atomic E-state index is 0.0536. The molecule has 15 nitrogen and oxygen atoms in total. The number of hydrogen-bond acceptors (Lipinski definition) is 12. The first kappa shape index (κ1) is 39.5. The zero-order valence-electron chi connectivity index (χ0n) is 31.9. The van der Waals surface area contributed by atoms with Gasteiger partial charge in [0, 0.05) is 49.7 Å². The standard InChI is InChI=1S/C22H22FN5O3.C19H20FN5O2/c1-3-18(30)26-14-7-9-27(10-8-14)21-15-11-13(2)28(22(31)19(15)24-12-25-21)20-16(23)5-4-6-17(20)29;1-11-9-13-16(19(27)25(11)17-14(20)3-2-4-15(17)26)22-10-23-18(13)24-7-5-12(21)6-8-24/h3-6,11-12,14,29H,1,7-10H2,2H3,(H,26,30);2-4,9-10,12,26H,5-8,21H2,1H3. The van der Waals surface area contributed by atoms with Crippen molar-refractivity contribution >= 4 is 39.3 Å². The zero-order chi connectivity index (χ0) is 41.2. The number of piperidine rings is 2. The maximum Gasteiger partial charge on any atom is 0.282 e. The predicted molar refractivity (Wildman–Crippen MR) is 216 cm³/mol. The summed E-state index contributed by atoms with van der Waals surface area (Å²) in [4.78, 5) is 59.0. The topological polar surface area (TPSA) is 198 Å². The summed E-state index contributed by atoms with van der Waals surface area (Å²) < 4.78 is 31.0. The molecule has 4 aromatic heterocycles. The first-order chi connectivity index (χ1) is 27.9. The summed E-state index contributed by atoms with van der Waals surface area (Å²) >= 11 is 0. The molecule has 0 bridgehead atoms. The maximum absolute atomic E-state index is 14.4. The van der Waals surface area contributed by atoms with E-state index in [0.717, 1.165) is 47.9 Å². The van der Waals surface area contributed by atoms with E-state index in [-0.39, 0.29) is 51.9 Å². The number of hydrogen-bond donors (Lipinski definition) is 4. The number of para-hydroxylation sites is 2. The Kier molecular flexibility index (Phi) is 11.2. The molecule has 6 aromatic rings. The Hall–Kier alpha value is -6.75. The molecule has 0 unspecified atom stereocenters. The molecule has 17 heteroatoms. The number of carbonyl (C=O) groups is 1. The van der Waals surface area contributed by atoms with Crippen molar-refractivity contribution in [2.24, 2.45) is 5.73 Å². The third kappa shape index (κ3) is 7.55. The fraction of sp³-hybridized carbons (Fsp3) is 0.293. The highest BCUT2D eigenvalue weighted by Crippen LogP contribution is 2.31. The van der Waals surface area contributed by atoms with E-state index in [0.29, 0.717) is 46.9 Å². The van der Waals surface area contributed by atoms with Gasteiger partial charge in [-0.1, -0.05) is 18.7 Å². The van der Waals surface area contributed by atoms with Crippen LogP contribution >= 0.6 is 0 Å². The molecule has 300 valence electrons. The van der Waals surface area contributed by atoms with Gasteiger partial charge in [0.25, 0.3) is 11.1 Å². The van der Waals surface area contributed by atoms with Crippen molar-refractivity contribution < 1.29 is 23.8 Å². The molecule has 6 heterocycles. The zero-order valence-corrected chi connectivity index (χ0v) is 31.9. The molecule has 0 atom stereocenters. The SMILES string of the molecule is C=CC(=O)NC1CCN(c2ncnc3c(=O)n(-c4c(O)cccc4F)c(C)cc23)CC1.Cc1cc2c(N3CCC(N)CC3)ncnc2c(=O)n1-c1c(O)cccc1F. The Morgan fingerprint density at radius 1 is 0.759 bits per heavy atom. The molecule has 2 saturated heterocycles. The quantitative estimate of drug-likeness (QED) is 0.177. The number of rotatable bonds is 6. The van der Waals surface area contributed by atoms with Crippen LogP contribution in [0.5, 0.6) is 11.5 Å². The van der Waals surface area contributed by atoms with Crippen molar-refractivity contribution in [2.75, 3.05) is 36.0 Å². The van der Waals surface area contributed by atoms with Crippen LogP contribution in [0, 0.1) is 25.5 Å². The lowest BCUT2D eigenvalue weighted by atomic mass is 10.0. The number of pyridine rings is 2. The van der Waals surface area contributed by atoms with Crippen LogP contribution in [0.2, 0.25) is 0 Å². The summed E-state index contributed by atoms with van der Waals surface area (Å²) in [6.45, 7) is 9.62. The average Bonchev–Trinajstić information content (AvgIpc) is 3.20. The van der Waals surface area contributed by atoms with Crippen LogP contribution in [0.3, 0.4) is 0 Å². The number of amides is 1. The predicted octanol–water partition coefficient (Wildman–Crippen LogP) is 4.07. The van der Waals surface area contributed by atoms with Gasteiger partial charge in [0.2, 0.25) is 5.91 Å². The van der Waals surface area contributed by atoms with Gasteiger partial charge in [-0.15, -0.1) is 0 Å². The molecule has 2 aliphatic heterocycles. The Bertz CT molecular complexity index is 2630. The summed E-state index contributed by atoms with van der Waals surface area (Å²) in [5.74, 6) is -0.929. The Balaban J connectivity index is 0.000000178. The van der Waals surface area contributed by atoms with E-state index in [2.05, 4.69) is 36.7 Å². The van der Waals surface area contributed by atoms with Crippen molar-refractivity contribution in [1.82, 2.24) is 34.4 Å². The number of halogens is 2. The number of anilines is 2. The first-order valence-electron chi connectivity index (χ1n) is 18.8. The molecule has 0 saturated carbocycles. The minimum atomic E-state index is -0.706. The number of aromatic nitrogens is 6. The lowest BCUT2D eigenvalue weighted by molar-refractivity contribution is -0.117. The van der Waals surface area contributed by atoms with Gasteiger partial charge in [-0.25, -0.2) is 28.7 Å². The van der Waals surface area contributed by atoms with Crippen molar-refractivity contribution in [3.8, 4) is 22.9 Å². The normalized spacial score (nSPS) is 15.0. The van der Waals surface area contributed by atoms with Gasteiger partial charge in [0.15, 0.2) is 11.6 Å². The van der Waals surface area contributed by atoms with Crippen LogP contribution in [0.4, 0.5) is 20.4 Å². The molecule has 5 N–H and O–H groups in total. The summed E-state index contributed by atoms with van der Waals surface area (Å²) in [6.07, 6.45) is 7.06. The highest BCUT2D eigenvalue weighted by atomic mass is 19.1. The van der Waals surface area contributed by atoms with Gasteiger partial charge < -0.3 is 31.1 Å². The molecule has 0 spiro atoms. The second-order valence-electron chi connectivity index (χ2n) is 14.3. The van der Waals surface area contributed by atoms with Crippen LogP contribution < -0.4 is 32.0 Å². The van der Waals surface area contributed by atoms with Gasteiger partial charge in [-0.3, -0.25) is 23.5 Å². The van der Waals surface area contributed by atoms with E-state index < -0.39 is 22.8 Å².